The van der Waals surface area contributed by atoms with Gasteiger partial charge in [-0.05, 0) is 48.7 Å². The number of esters is 1. The molecule has 0 bridgehead atoms. The Bertz CT molecular complexity index is 896. The van der Waals surface area contributed by atoms with Crippen molar-refractivity contribution in [3.63, 3.8) is 0 Å². The molecule has 0 radical (unpaired) electrons. The third kappa shape index (κ3) is 3.64. The second kappa shape index (κ2) is 7.55. The second-order valence-corrected chi connectivity index (χ2v) is 7.93. The highest BCUT2D eigenvalue weighted by atomic mass is 32.2. The zero-order valence-corrected chi connectivity index (χ0v) is 15.2. The fraction of sp³-hybridized carbons (Fsp3) is 0.316. The maximum absolute atomic E-state index is 13.2. The van der Waals surface area contributed by atoms with Crippen LogP contribution in [0, 0.1) is 5.82 Å². The summed E-state index contributed by atoms with van der Waals surface area (Å²) >= 11 is 0. The van der Waals surface area contributed by atoms with Crippen LogP contribution in [0.15, 0.2) is 53.4 Å². The quantitative estimate of drug-likeness (QED) is 0.752. The Hall–Kier alpha value is -2.25. The van der Waals surface area contributed by atoms with Gasteiger partial charge >= 0.3 is 5.97 Å². The van der Waals surface area contributed by atoms with Crippen molar-refractivity contribution >= 4 is 16.0 Å². The molecule has 2 aromatic carbocycles. The summed E-state index contributed by atoms with van der Waals surface area (Å²) < 4.78 is 45.7. The Morgan fingerprint density at radius 1 is 1.19 bits per heavy atom. The number of carbonyl (C=O) groups excluding carboxylic acids is 1. The lowest BCUT2D eigenvalue weighted by Crippen LogP contribution is -2.41. The van der Waals surface area contributed by atoms with Crippen LogP contribution in [0.3, 0.4) is 0 Å². The molecule has 0 aliphatic carbocycles. The van der Waals surface area contributed by atoms with Crippen molar-refractivity contribution in [2.24, 2.45) is 0 Å². The molecule has 1 atom stereocenters. The van der Waals surface area contributed by atoms with E-state index in [0.29, 0.717) is 6.42 Å². The Morgan fingerprint density at radius 2 is 1.88 bits per heavy atom. The Labute approximate surface area is 152 Å². The SMILES string of the molecule is CCOC(=O)C[C@H]1c2ccccc2CCN1S(=O)(=O)c1ccc(F)cc1. The number of halogens is 1. The third-order valence-electron chi connectivity index (χ3n) is 4.45. The van der Waals surface area contributed by atoms with Crippen LogP contribution in [0.4, 0.5) is 4.39 Å². The number of hydrogen-bond acceptors (Lipinski definition) is 4. The number of rotatable bonds is 5. The van der Waals surface area contributed by atoms with E-state index in [1.54, 1.807) is 6.92 Å². The lowest BCUT2D eigenvalue weighted by Gasteiger charge is -2.36. The van der Waals surface area contributed by atoms with Gasteiger partial charge in [-0.1, -0.05) is 24.3 Å². The summed E-state index contributed by atoms with van der Waals surface area (Å²) in [6.45, 7) is 2.19. The van der Waals surface area contributed by atoms with Crippen LogP contribution < -0.4 is 0 Å². The number of hydrogen-bond donors (Lipinski definition) is 0. The minimum absolute atomic E-state index is 0.00661. The van der Waals surface area contributed by atoms with Crippen molar-refractivity contribution < 1.29 is 22.3 Å². The number of nitrogens with zero attached hydrogens (tertiary/aromatic N) is 1. The third-order valence-corrected chi connectivity index (χ3v) is 6.37. The maximum Gasteiger partial charge on any atom is 0.307 e. The molecule has 5 nitrogen and oxygen atoms in total. The molecule has 0 saturated heterocycles. The van der Waals surface area contributed by atoms with Gasteiger partial charge in [0.2, 0.25) is 10.0 Å². The Morgan fingerprint density at radius 3 is 2.58 bits per heavy atom. The molecule has 0 N–H and O–H groups in total. The van der Waals surface area contributed by atoms with Crippen molar-refractivity contribution in [3.05, 3.63) is 65.5 Å². The van der Waals surface area contributed by atoms with Crippen molar-refractivity contribution in [1.82, 2.24) is 4.31 Å². The fourth-order valence-electron chi connectivity index (χ4n) is 3.25. The van der Waals surface area contributed by atoms with E-state index in [4.69, 9.17) is 4.74 Å². The van der Waals surface area contributed by atoms with Gasteiger partial charge in [-0.2, -0.15) is 4.31 Å². The van der Waals surface area contributed by atoms with Gasteiger partial charge in [0.15, 0.2) is 0 Å². The highest BCUT2D eigenvalue weighted by Crippen LogP contribution is 2.36. The van der Waals surface area contributed by atoms with Gasteiger partial charge in [-0.3, -0.25) is 4.79 Å². The zero-order valence-electron chi connectivity index (χ0n) is 14.4. The molecular formula is C19H20FNO4S. The lowest BCUT2D eigenvalue weighted by atomic mass is 9.92. The molecule has 2 aromatic rings. The maximum atomic E-state index is 13.2. The van der Waals surface area contributed by atoms with Crippen LogP contribution in [-0.4, -0.2) is 31.8 Å². The fourth-order valence-corrected chi connectivity index (χ4v) is 4.85. The standard InChI is InChI=1S/C19H20FNO4S/c1-2-25-19(22)13-18-17-6-4-3-5-14(17)11-12-21(18)26(23,24)16-9-7-15(20)8-10-16/h3-10,18H,2,11-13H2,1H3/t18-/m0/s1. The summed E-state index contributed by atoms with van der Waals surface area (Å²) in [6.07, 6.45) is 0.487. The van der Waals surface area contributed by atoms with Crippen LogP contribution in [0.25, 0.3) is 0 Å². The molecule has 138 valence electrons. The zero-order chi connectivity index (χ0) is 18.7. The first-order chi connectivity index (χ1) is 12.4. The normalized spacial score (nSPS) is 17.5. The lowest BCUT2D eigenvalue weighted by molar-refractivity contribution is -0.144. The topological polar surface area (TPSA) is 63.7 Å². The summed E-state index contributed by atoms with van der Waals surface area (Å²) in [7, 11) is -3.87. The molecular weight excluding hydrogens is 357 g/mol. The summed E-state index contributed by atoms with van der Waals surface area (Å²) in [4.78, 5) is 12.1. The van der Waals surface area contributed by atoms with E-state index in [1.807, 2.05) is 24.3 Å². The molecule has 1 aliphatic heterocycles. The Balaban J connectivity index is 2.01. The molecule has 0 saturated carbocycles. The van der Waals surface area contributed by atoms with Crippen LogP contribution in [-0.2, 0) is 26.0 Å². The number of sulfonamides is 1. The van der Waals surface area contributed by atoms with Crippen LogP contribution in [0.2, 0.25) is 0 Å². The monoisotopic (exact) mass is 377 g/mol. The second-order valence-electron chi connectivity index (χ2n) is 6.04. The van der Waals surface area contributed by atoms with Crippen molar-refractivity contribution in [3.8, 4) is 0 Å². The number of fused-ring (bicyclic) bond motifs is 1. The Kier molecular flexibility index (Phi) is 5.38. The number of carbonyl (C=O) groups is 1. The van der Waals surface area contributed by atoms with Gasteiger partial charge < -0.3 is 4.74 Å². The summed E-state index contributed by atoms with van der Waals surface area (Å²) in [5.41, 5.74) is 1.82. The first-order valence-corrected chi connectivity index (χ1v) is 9.88. The van der Waals surface area contributed by atoms with Crippen molar-refractivity contribution in [1.29, 1.82) is 0 Å². The summed E-state index contributed by atoms with van der Waals surface area (Å²) in [5, 5.41) is 0. The van der Waals surface area contributed by atoms with E-state index in [9.17, 15) is 17.6 Å². The summed E-state index contributed by atoms with van der Waals surface area (Å²) in [5.74, 6) is -0.954. The van der Waals surface area contributed by atoms with Gasteiger partial charge in [-0.25, -0.2) is 12.8 Å². The smallest absolute Gasteiger partial charge is 0.307 e. The highest BCUT2D eigenvalue weighted by molar-refractivity contribution is 7.89. The number of ether oxygens (including phenoxy) is 1. The molecule has 0 unspecified atom stereocenters. The van der Waals surface area contributed by atoms with Gasteiger partial charge in [0.05, 0.1) is 24.0 Å². The van der Waals surface area contributed by atoms with Crippen molar-refractivity contribution in [2.45, 2.75) is 30.7 Å². The van der Waals surface area contributed by atoms with Gasteiger partial charge in [0.25, 0.3) is 0 Å². The molecule has 3 rings (SSSR count). The molecule has 0 fully saturated rings. The summed E-state index contributed by atoms with van der Waals surface area (Å²) in [6, 6.07) is 11.6. The number of benzene rings is 2. The van der Waals surface area contributed by atoms with E-state index in [-0.39, 0.29) is 24.5 Å². The molecule has 1 heterocycles. The molecule has 0 aromatic heterocycles. The predicted molar refractivity (Wildman–Crippen MR) is 94.4 cm³/mol. The minimum Gasteiger partial charge on any atom is -0.466 e. The largest absolute Gasteiger partial charge is 0.466 e. The molecule has 0 spiro atoms. The molecule has 26 heavy (non-hydrogen) atoms. The highest BCUT2D eigenvalue weighted by Gasteiger charge is 2.37. The van der Waals surface area contributed by atoms with E-state index < -0.39 is 27.9 Å². The van der Waals surface area contributed by atoms with Crippen LogP contribution >= 0.6 is 0 Å². The van der Waals surface area contributed by atoms with E-state index >= 15 is 0 Å². The van der Waals surface area contributed by atoms with Crippen molar-refractivity contribution in [2.75, 3.05) is 13.2 Å². The molecule has 1 aliphatic rings. The first-order valence-electron chi connectivity index (χ1n) is 8.44. The van der Waals surface area contributed by atoms with Crippen LogP contribution in [0.1, 0.15) is 30.5 Å². The van der Waals surface area contributed by atoms with E-state index in [0.717, 1.165) is 23.3 Å². The van der Waals surface area contributed by atoms with Gasteiger partial charge in [-0.15, -0.1) is 0 Å². The average Bonchev–Trinajstić information content (AvgIpc) is 2.62. The first kappa shape index (κ1) is 18.5. The van der Waals surface area contributed by atoms with E-state index in [2.05, 4.69) is 0 Å². The van der Waals surface area contributed by atoms with Gasteiger partial charge in [0.1, 0.15) is 5.82 Å². The van der Waals surface area contributed by atoms with Gasteiger partial charge in [0, 0.05) is 6.54 Å². The van der Waals surface area contributed by atoms with E-state index in [1.165, 1.54) is 16.4 Å². The van der Waals surface area contributed by atoms with Crippen LogP contribution in [0.5, 0.6) is 0 Å². The predicted octanol–water partition coefficient (Wildman–Crippen LogP) is 3.07. The molecule has 7 heteroatoms. The molecule has 0 amide bonds. The minimum atomic E-state index is -3.87. The average molecular weight is 377 g/mol.